The summed E-state index contributed by atoms with van der Waals surface area (Å²) in [4.78, 5) is 26.0. The maximum atomic E-state index is 12.5. The number of likely N-dealkylation sites (N-methyl/N-ethyl adjacent to an activating group) is 1. The van der Waals surface area contributed by atoms with Gasteiger partial charge in [-0.1, -0.05) is 0 Å². The summed E-state index contributed by atoms with van der Waals surface area (Å²) in [5, 5.41) is 9.21. The van der Waals surface area contributed by atoms with E-state index in [0.29, 0.717) is 13.0 Å². The Morgan fingerprint density at radius 1 is 1.33 bits per heavy atom. The third kappa shape index (κ3) is 4.25. The van der Waals surface area contributed by atoms with Crippen LogP contribution in [0, 0.1) is 0 Å². The maximum absolute atomic E-state index is 12.5. The van der Waals surface area contributed by atoms with E-state index in [-0.39, 0.29) is 28.9 Å². The van der Waals surface area contributed by atoms with Crippen molar-refractivity contribution in [3.05, 3.63) is 29.8 Å². The van der Waals surface area contributed by atoms with Crippen LogP contribution in [-0.4, -0.2) is 60.5 Å². The van der Waals surface area contributed by atoms with Crippen LogP contribution in [0.4, 0.5) is 0 Å². The molecule has 0 spiro atoms. The first-order valence-electron chi connectivity index (χ1n) is 7.74. The Hall–Kier alpha value is -2.09. The van der Waals surface area contributed by atoms with Crippen molar-refractivity contribution in [1.82, 2.24) is 4.90 Å². The minimum absolute atomic E-state index is 0.0234. The number of aromatic hydroxyl groups is 1. The summed E-state index contributed by atoms with van der Waals surface area (Å²) in [6, 6.07) is 5.13. The molecular formula is C16H21NO6S. The summed E-state index contributed by atoms with van der Waals surface area (Å²) in [5.74, 6) is -1.04. The first-order valence-corrected chi connectivity index (χ1v) is 9.56. The van der Waals surface area contributed by atoms with E-state index >= 15 is 0 Å². The van der Waals surface area contributed by atoms with Gasteiger partial charge in [-0.3, -0.25) is 4.79 Å². The standard InChI is InChI=1S/C16H21NO6S/c1-3-17(13-8-9-24(21,22)10-13)15(19)11(2)23-16(20)12-4-6-14(18)7-5-12/h4-7,11,13,18H,3,8-10H2,1-2H3/t11-,13+/m1/s1. The number of rotatable bonds is 5. The van der Waals surface area contributed by atoms with Gasteiger partial charge in [0.15, 0.2) is 15.9 Å². The van der Waals surface area contributed by atoms with Crippen molar-refractivity contribution in [2.45, 2.75) is 32.4 Å². The lowest BCUT2D eigenvalue weighted by Gasteiger charge is -2.29. The molecule has 1 aromatic rings. The van der Waals surface area contributed by atoms with Crippen LogP contribution in [0.2, 0.25) is 0 Å². The number of amides is 1. The molecule has 1 N–H and O–H groups in total. The summed E-state index contributed by atoms with van der Waals surface area (Å²) >= 11 is 0. The number of phenolic OH excluding ortho intramolecular Hbond substituents is 1. The number of esters is 1. The lowest BCUT2D eigenvalue weighted by molar-refractivity contribution is -0.141. The summed E-state index contributed by atoms with van der Waals surface area (Å²) in [6.45, 7) is 3.57. The van der Waals surface area contributed by atoms with Crippen molar-refractivity contribution in [3.63, 3.8) is 0 Å². The zero-order valence-corrected chi connectivity index (χ0v) is 14.5. The number of benzene rings is 1. The molecule has 1 aliphatic heterocycles. The van der Waals surface area contributed by atoms with Gasteiger partial charge >= 0.3 is 5.97 Å². The Morgan fingerprint density at radius 3 is 2.46 bits per heavy atom. The van der Waals surface area contributed by atoms with Gasteiger partial charge in [-0.2, -0.15) is 0 Å². The molecule has 1 amide bonds. The second-order valence-corrected chi connectivity index (χ2v) is 8.00. The van der Waals surface area contributed by atoms with Crippen LogP contribution in [0.15, 0.2) is 24.3 Å². The van der Waals surface area contributed by atoms with Gasteiger partial charge in [0, 0.05) is 12.6 Å². The van der Waals surface area contributed by atoms with Gasteiger partial charge in [0.25, 0.3) is 5.91 Å². The van der Waals surface area contributed by atoms with Gasteiger partial charge in [-0.25, -0.2) is 13.2 Å². The minimum Gasteiger partial charge on any atom is -0.508 e. The van der Waals surface area contributed by atoms with Gasteiger partial charge in [-0.05, 0) is 44.5 Å². The van der Waals surface area contributed by atoms with Crippen LogP contribution in [0.5, 0.6) is 5.75 Å². The zero-order valence-electron chi connectivity index (χ0n) is 13.6. The third-order valence-corrected chi connectivity index (χ3v) is 5.76. The number of ether oxygens (including phenoxy) is 1. The number of nitrogens with zero attached hydrogens (tertiary/aromatic N) is 1. The lowest BCUT2D eigenvalue weighted by atomic mass is 10.2. The van der Waals surface area contributed by atoms with Gasteiger partial charge in [0.1, 0.15) is 5.75 Å². The molecule has 7 nitrogen and oxygen atoms in total. The molecule has 1 aliphatic rings. The largest absolute Gasteiger partial charge is 0.508 e. The minimum atomic E-state index is -3.11. The van der Waals surface area contributed by atoms with E-state index < -0.39 is 27.8 Å². The quantitative estimate of drug-likeness (QED) is 0.790. The van der Waals surface area contributed by atoms with E-state index in [1.165, 1.54) is 36.1 Å². The van der Waals surface area contributed by atoms with E-state index in [1.807, 2.05) is 0 Å². The smallest absolute Gasteiger partial charge is 0.338 e. The Kier molecular flexibility index (Phi) is 5.48. The van der Waals surface area contributed by atoms with E-state index in [4.69, 9.17) is 4.74 Å². The lowest BCUT2D eigenvalue weighted by Crippen LogP contribution is -2.46. The van der Waals surface area contributed by atoms with Crippen molar-refractivity contribution >= 4 is 21.7 Å². The number of phenols is 1. The topological polar surface area (TPSA) is 101 Å². The second-order valence-electron chi connectivity index (χ2n) is 5.78. The van der Waals surface area contributed by atoms with Gasteiger partial charge in [0.05, 0.1) is 17.1 Å². The molecule has 24 heavy (non-hydrogen) atoms. The highest BCUT2D eigenvalue weighted by Crippen LogP contribution is 2.19. The monoisotopic (exact) mass is 355 g/mol. The van der Waals surface area contributed by atoms with Crippen LogP contribution in [0.3, 0.4) is 0 Å². The highest BCUT2D eigenvalue weighted by molar-refractivity contribution is 7.91. The predicted molar refractivity (Wildman–Crippen MR) is 87.4 cm³/mol. The third-order valence-electron chi connectivity index (χ3n) is 4.01. The molecule has 8 heteroatoms. The Labute approximate surface area is 141 Å². The highest BCUT2D eigenvalue weighted by Gasteiger charge is 2.36. The SMILES string of the molecule is CCN(C(=O)[C@@H](C)OC(=O)c1ccc(O)cc1)[C@H]1CCS(=O)(=O)C1. The first kappa shape index (κ1) is 18.3. The Balaban J connectivity index is 2.02. The molecule has 0 aliphatic carbocycles. The van der Waals surface area contributed by atoms with Crippen molar-refractivity contribution in [2.24, 2.45) is 0 Å². The number of carbonyl (C=O) groups excluding carboxylic acids is 2. The molecule has 2 rings (SSSR count). The van der Waals surface area contributed by atoms with Crippen LogP contribution in [0.25, 0.3) is 0 Å². The molecule has 0 saturated carbocycles. The molecule has 1 saturated heterocycles. The molecular weight excluding hydrogens is 334 g/mol. The maximum Gasteiger partial charge on any atom is 0.338 e. The summed E-state index contributed by atoms with van der Waals surface area (Å²) in [7, 11) is -3.11. The number of hydrogen-bond acceptors (Lipinski definition) is 6. The average Bonchev–Trinajstić information content (AvgIpc) is 2.88. The highest BCUT2D eigenvalue weighted by atomic mass is 32.2. The van der Waals surface area contributed by atoms with Gasteiger partial charge in [-0.15, -0.1) is 0 Å². The van der Waals surface area contributed by atoms with Crippen molar-refractivity contribution in [1.29, 1.82) is 0 Å². The van der Waals surface area contributed by atoms with E-state index in [1.54, 1.807) is 6.92 Å². The van der Waals surface area contributed by atoms with Crippen molar-refractivity contribution < 1.29 is 27.9 Å². The Bertz CT molecular complexity index is 713. The summed E-state index contributed by atoms with van der Waals surface area (Å²) < 4.78 is 28.4. The molecule has 2 atom stereocenters. The number of carbonyl (C=O) groups is 2. The van der Waals surface area contributed by atoms with Gasteiger partial charge in [0.2, 0.25) is 0 Å². The van der Waals surface area contributed by atoms with E-state index in [2.05, 4.69) is 0 Å². The van der Waals surface area contributed by atoms with Crippen LogP contribution >= 0.6 is 0 Å². The fourth-order valence-corrected chi connectivity index (χ4v) is 4.46. The summed E-state index contributed by atoms with van der Waals surface area (Å²) in [5.41, 5.74) is 0.221. The molecule has 0 aromatic heterocycles. The van der Waals surface area contributed by atoms with Crippen molar-refractivity contribution in [3.8, 4) is 5.75 Å². The second kappa shape index (κ2) is 7.21. The van der Waals surface area contributed by atoms with Crippen molar-refractivity contribution in [2.75, 3.05) is 18.1 Å². The zero-order chi connectivity index (χ0) is 17.9. The number of sulfone groups is 1. The molecule has 1 aromatic carbocycles. The fraction of sp³-hybridized carbons (Fsp3) is 0.500. The predicted octanol–water partition coefficient (Wildman–Crippen LogP) is 0.973. The fourth-order valence-electron chi connectivity index (χ4n) is 2.73. The Morgan fingerprint density at radius 2 is 1.96 bits per heavy atom. The molecule has 0 radical (unpaired) electrons. The van der Waals surface area contributed by atoms with Crippen LogP contribution in [0.1, 0.15) is 30.6 Å². The molecule has 132 valence electrons. The normalized spacial score (nSPS) is 20.3. The molecule has 1 fully saturated rings. The van der Waals surface area contributed by atoms with E-state index in [0.717, 1.165) is 0 Å². The number of hydrogen-bond donors (Lipinski definition) is 1. The molecule has 1 heterocycles. The molecule has 0 bridgehead atoms. The summed E-state index contributed by atoms with van der Waals surface area (Å²) in [6.07, 6.45) is -0.616. The van der Waals surface area contributed by atoms with Gasteiger partial charge < -0.3 is 14.7 Å². The molecule has 0 unspecified atom stereocenters. The van der Waals surface area contributed by atoms with E-state index in [9.17, 15) is 23.1 Å². The average molecular weight is 355 g/mol. The van der Waals surface area contributed by atoms with Crippen LogP contribution < -0.4 is 0 Å². The van der Waals surface area contributed by atoms with Crippen LogP contribution in [-0.2, 0) is 19.4 Å². The first-order chi connectivity index (χ1) is 11.2.